The summed E-state index contributed by atoms with van der Waals surface area (Å²) in [5.41, 5.74) is 0.559. The molecule has 1 aliphatic heterocycles. The Labute approximate surface area is 147 Å². The first-order valence-corrected chi connectivity index (χ1v) is 8.35. The predicted octanol–water partition coefficient (Wildman–Crippen LogP) is 3.32. The highest BCUT2D eigenvalue weighted by Crippen LogP contribution is 2.28. The average Bonchev–Trinajstić information content (AvgIpc) is 2.50. The summed E-state index contributed by atoms with van der Waals surface area (Å²) in [4.78, 5) is 27.6. The Balaban J connectivity index is 2.20. The minimum Gasteiger partial charge on any atom is -0.336 e. The predicted molar refractivity (Wildman–Crippen MR) is 94.4 cm³/mol. The Morgan fingerprint density at radius 1 is 1.38 bits per heavy atom. The van der Waals surface area contributed by atoms with E-state index in [2.05, 4.69) is 25.7 Å². The van der Waals surface area contributed by atoms with Gasteiger partial charge in [0.05, 0.1) is 10.5 Å². The fraction of sp³-hybridized carbons (Fsp3) is 0.529. The van der Waals surface area contributed by atoms with Crippen molar-refractivity contribution in [2.45, 2.75) is 33.7 Å². The standard InChI is InChI=1S/C17H23ClN3O3/c1-11(2)9-19-5-6-20(10-12(19)3)17(22)15-7-14(18)8-16(13(15)4)21(23)24/h7-8,12H,5-6,9-10H2,1-4H3/t12-/m0/s1. The first-order valence-electron chi connectivity index (χ1n) is 7.97. The molecule has 1 aromatic carbocycles. The molecular formula is C17H23ClN3O3. The van der Waals surface area contributed by atoms with Gasteiger partial charge in [-0.25, -0.2) is 0 Å². The quantitative estimate of drug-likeness (QED) is 0.616. The maximum atomic E-state index is 12.8. The molecule has 1 radical (unpaired) electrons. The van der Waals surface area contributed by atoms with E-state index in [9.17, 15) is 14.9 Å². The molecule has 0 spiro atoms. The normalized spacial score (nSPS) is 18.9. The van der Waals surface area contributed by atoms with Crippen molar-refractivity contribution in [1.82, 2.24) is 9.80 Å². The van der Waals surface area contributed by atoms with Crippen molar-refractivity contribution in [2.75, 3.05) is 26.2 Å². The van der Waals surface area contributed by atoms with Gasteiger partial charge in [0.1, 0.15) is 0 Å². The summed E-state index contributed by atoms with van der Waals surface area (Å²) < 4.78 is 0. The number of carbonyl (C=O) groups is 1. The van der Waals surface area contributed by atoms with E-state index in [1.54, 1.807) is 11.8 Å². The molecule has 0 unspecified atom stereocenters. The van der Waals surface area contributed by atoms with Gasteiger partial charge in [-0.2, -0.15) is 0 Å². The summed E-state index contributed by atoms with van der Waals surface area (Å²) in [5, 5.41) is 11.3. The lowest BCUT2D eigenvalue weighted by molar-refractivity contribution is -0.385. The molecule has 0 saturated carbocycles. The van der Waals surface area contributed by atoms with Crippen LogP contribution in [-0.2, 0) is 0 Å². The van der Waals surface area contributed by atoms with Gasteiger partial charge in [0.15, 0.2) is 0 Å². The van der Waals surface area contributed by atoms with E-state index < -0.39 is 4.92 Å². The zero-order chi connectivity index (χ0) is 18.0. The first kappa shape index (κ1) is 18.7. The number of hydrogen-bond donors (Lipinski definition) is 0. The lowest BCUT2D eigenvalue weighted by Crippen LogP contribution is -2.54. The van der Waals surface area contributed by atoms with Gasteiger partial charge in [-0.3, -0.25) is 19.8 Å². The van der Waals surface area contributed by atoms with Crippen LogP contribution in [0.1, 0.15) is 36.7 Å². The Morgan fingerprint density at radius 2 is 2.04 bits per heavy atom. The highest BCUT2D eigenvalue weighted by molar-refractivity contribution is 6.31. The number of piperazine rings is 1. The van der Waals surface area contributed by atoms with Gasteiger partial charge in [0.2, 0.25) is 0 Å². The zero-order valence-electron chi connectivity index (χ0n) is 14.5. The van der Waals surface area contributed by atoms with Crippen molar-refractivity contribution in [3.05, 3.63) is 44.3 Å². The van der Waals surface area contributed by atoms with Gasteiger partial charge < -0.3 is 4.90 Å². The molecule has 0 bridgehead atoms. The summed E-state index contributed by atoms with van der Waals surface area (Å²) in [6.07, 6.45) is 0. The van der Waals surface area contributed by atoms with E-state index in [1.165, 1.54) is 18.1 Å². The molecule has 0 aliphatic carbocycles. The van der Waals surface area contributed by atoms with E-state index in [4.69, 9.17) is 11.6 Å². The van der Waals surface area contributed by atoms with Crippen LogP contribution in [0.3, 0.4) is 0 Å². The molecule has 1 atom stereocenters. The van der Waals surface area contributed by atoms with Gasteiger partial charge in [-0.05, 0) is 25.8 Å². The number of rotatable bonds is 4. The van der Waals surface area contributed by atoms with Crippen molar-refractivity contribution >= 4 is 23.2 Å². The minimum absolute atomic E-state index is 0.117. The second-order valence-corrected chi connectivity index (χ2v) is 7.07. The van der Waals surface area contributed by atoms with Gasteiger partial charge >= 0.3 is 0 Å². The van der Waals surface area contributed by atoms with Crippen LogP contribution < -0.4 is 0 Å². The molecule has 0 aromatic heterocycles. The number of nitrogens with zero attached hydrogens (tertiary/aromatic N) is 3. The summed E-state index contributed by atoms with van der Waals surface area (Å²) in [5.74, 6) is 1.14. The van der Waals surface area contributed by atoms with Gasteiger partial charge in [0, 0.05) is 48.9 Å². The number of halogens is 1. The average molecular weight is 353 g/mol. The van der Waals surface area contributed by atoms with Crippen LogP contribution in [0, 0.1) is 23.0 Å². The SMILES string of the molecule is C[C](C)CN1CCN(C(=O)c2cc(Cl)cc([N+](=O)[O-])c2C)C[C@@H]1C. The van der Waals surface area contributed by atoms with Crippen LogP contribution in [0.5, 0.6) is 0 Å². The molecule has 24 heavy (non-hydrogen) atoms. The van der Waals surface area contributed by atoms with E-state index in [0.717, 1.165) is 13.1 Å². The fourth-order valence-corrected chi connectivity index (χ4v) is 3.28. The van der Waals surface area contributed by atoms with Crippen LogP contribution in [0.15, 0.2) is 12.1 Å². The second kappa shape index (κ2) is 7.49. The Bertz CT molecular complexity index is 648. The molecule has 1 fully saturated rings. The lowest BCUT2D eigenvalue weighted by Gasteiger charge is -2.40. The second-order valence-electron chi connectivity index (χ2n) is 6.63. The van der Waals surface area contributed by atoms with E-state index in [-0.39, 0.29) is 22.7 Å². The highest BCUT2D eigenvalue weighted by Gasteiger charge is 2.30. The summed E-state index contributed by atoms with van der Waals surface area (Å²) in [6.45, 7) is 10.8. The Kier molecular flexibility index (Phi) is 5.83. The smallest absolute Gasteiger partial charge is 0.274 e. The van der Waals surface area contributed by atoms with Crippen LogP contribution in [-0.4, -0.2) is 52.9 Å². The first-order chi connectivity index (χ1) is 11.2. The van der Waals surface area contributed by atoms with Crippen LogP contribution in [0.25, 0.3) is 0 Å². The number of nitro benzene ring substituents is 1. The largest absolute Gasteiger partial charge is 0.336 e. The molecule has 0 N–H and O–H groups in total. The van der Waals surface area contributed by atoms with Crippen molar-refractivity contribution in [2.24, 2.45) is 0 Å². The molecule has 1 saturated heterocycles. The number of nitro groups is 1. The Morgan fingerprint density at radius 3 is 2.58 bits per heavy atom. The van der Waals surface area contributed by atoms with E-state index in [0.29, 0.717) is 24.2 Å². The topological polar surface area (TPSA) is 66.7 Å². The van der Waals surface area contributed by atoms with E-state index >= 15 is 0 Å². The molecule has 131 valence electrons. The van der Waals surface area contributed by atoms with Crippen LogP contribution >= 0.6 is 11.6 Å². The Hall–Kier alpha value is -1.66. The van der Waals surface area contributed by atoms with Crippen LogP contribution in [0.2, 0.25) is 5.02 Å². The summed E-state index contributed by atoms with van der Waals surface area (Å²) >= 11 is 5.97. The van der Waals surface area contributed by atoms with Gasteiger partial charge in [-0.1, -0.05) is 25.4 Å². The van der Waals surface area contributed by atoms with E-state index in [1.807, 2.05) is 0 Å². The molecule has 6 nitrogen and oxygen atoms in total. The number of benzene rings is 1. The number of carbonyl (C=O) groups excluding carboxylic acids is 1. The summed E-state index contributed by atoms with van der Waals surface area (Å²) in [6, 6.07) is 3.05. The fourth-order valence-electron chi connectivity index (χ4n) is 3.07. The molecule has 1 amide bonds. The maximum Gasteiger partial charge on any atom is 0.274 e. The monoisotopic (exact) mass is 352 g/mol. The molecule has 1 aromatic rings. The lowest BCUT2D eigenvalue weighted by atomic mass is 10.0. The molecule has 1 heterocycles. The molecule has 2 rings (SSSR count). The van der Waals surface area contributed by atoms with Crippen molar-refractivity contribution in [3.63, 3.8) is 0 Å². The van der Waals surface area contributed by atoms with Gasteiger partial charge in [0.25, 0.3) is 11.6 Å². The number of amides is 1. The molecular weight excluding hydrogens is 330 g/mol. The van der Waals surface area contributed by atoms with Crippen molar-refractivity contribution < 1.29 is 9.72 Å². The highest BCUT2D eigenvalue weighted by atomic mass is 35.5. The maximum absolute atomic E-state index is 12.8. The zero-order valence-corrected chi connectivity index (χ0v) is 15.3. The van der Waals surface area contributed by atoms with Crippen LogP contribution in [0.4, 0.5) is 5.69 Å². The molecule has 1 aliphatic rings. The third-order valence-electron chi connectivity index (χ3n) is 4.34. The molecule has 7 heteroatoms. The van der Waals surface area contributed by atoms with Crippen molar-refractivity contribution in [1.29, 1.82) is 0 Å². The third-order valence-corrected chi connectivity index (χ3v) is 4.56. The minimum atomic E-state index is -0.502. The number of hydrogen-bond acceptors (Lipinski definition) is 4. The van der Waals surface area contributed by atoms with Crippen molar-refractivity contribution in [3.8, 4) is 0 Å². The third kappa shape index (κ3) is 4.05. The van der Waals surface area contributed by atoms with Gasteiger partial charge in [-0.15, -0.1) is 0 Å². The summed E-state index contributed by atoms with van der Waals surface area (Å²) in [7, 11) is 0.